The summed E-state index contributed by atoms with van der Waals surface area (Å²) in [6.45, 7) is 7.47. The molecule has 0 aromatic heterocycles. The van der Waals surface area contributed by atoms with E-state index in [0.717, 1.165) is 6.54 Å². The zero-order valence-electron chi connectivity index (χ0n) is 17.6. The summed E-state index contributed by atoms with van der Waals surface area (Å²) in [5.74, 6) is 0.203. The second kappa shape index (κ2) is 9.58. The molecule has 0 spiro atoms. The van der Waals surface area contributed by atoms with Crippen LogP contribution in [0, 0.1) is 17.0 Å². The van der Waals surface area contributed by atoms with Crippen molar-refractivity contribution in [2.45, 2.75) is 20.4 Å². The van der Waals surface area contributed by atoms with E-state index in [1.54, 1.807) is 11.8 Å². The van der Waals surface area contributed by atoms with Crippen LogP contribution in [0.15, 0.2) is 36.4 Å². The first-order valence-corrected chi connectivity index (χ1v) is 10.00. The molecule has 1 aliphatic heterocycles. The number of hydrogen-bond donors (Lipinski definition) is 0. The Hall–Kier alpha value is -3.13. The SMILES string of the molecule is CCOc1cc([N+](=O)[O-])c(C(=O)N2CCN(Cc3ccccc3C)CC2)cc1OC. The zero-order valence-corrected chi connectivity index (χ0v) is 17.6. The van der Waals surface area contributed by atoms with Crippen molar-refractivity contribution in [2.75, 3.05) is 39.9 Å². The van der Waals surface area contributed by atoms with Crippen LogP contribution in [0.3, 0.4) is 0 Å². The van der Waals surface area contributed by atoms with Crippen molar-refractivity contribution in [3.63, 3.8) is 0 Å². The van der Waals surface area contributed by atoms with Gasteiger partial charge in [0.25, 0.3) is 11.6 Å². The first-order valence-electron chi connectivity index (χ1n) is 10.00. The summed E-state index contributed by atoms with van der Waals surface area (Å²) in [6.07, 6.45) is 0. The molecule has 0 radical (unpaired) electrons. The summed E-state index contributed by atoms with van der Waals surface area (Å²) < 4.78 is 10.7. The predicted molar refractivity (Wildman–Crippen MR) is 113 cm³/mol. The molecule has 2 aromatic rings. The number of nitro groups is 1. The fourth-order valence-corrected chi connectivity index (χ4v) is 3.61. The molecule has 1 aliphatic rings. The number of aryl methyl sites for hydroxylation is 1. The van der Waals surface area contributed by atoms with E-state index in [-0.39, 0.29) is 22.9 Å². The second-order valence-electron chi connectivity index (χ2n) is 7.21. The molecule has 1 saturated heterocycles. The molecule has 160 valence electrons. The Balaban J connectivity index is 1.74. The number of hydrogen-bond acceptors (Lipinski definition) is 6. The van der Waals surface area contributed by atoms with Crippen LogP contribution < -0.4 is 9.47 Å². The maximum atomic E-state index is 13.1. The van der Waals surface area contributed by atoms with Crippen LogP contribution in [0.4, 0.5) is 5.69 Å². The van der Waals surface area contributed by atoms with Gasteiger partial charge in [0, 0.05) is 38.8 Å². The van der Waals surface area contributed by atoms with Crippen LogP contribution in [0.2, 0.25) is 0 Å². The van der Waals surface area contributed by atoms with Crippen molar-refractivity contribution in [3.05, 3.63) is 63.2 Å². The van der Waals surface area contributed by atoms with Crippen LogP contribution in [0.25, 0.3) is 0 Å². The molecule has 0 atom stereocenters. The van der Waals surface area contributed by atoms with Gasteiger partial charge in [0.2, 0.25) is 0 Å². The maximum Gasteiger partial charge on any atom is 0.286 e. The summed E-state index contributed by atoms with van der Waals surface area (Å²) in [6, 6.07) is 10.9. The number of amides is 1. The lowest BCUT2D eigenvalue weighted by Crippen LogP contribution is -2.48. The van der Waals surface area contributed by atoms with E-state index in [1.165, 1.54) is 30.4 Å². The normalized spacial score (nSPS) is 14.4. The quantitative estimate of drug-likeness (QED) is 0.512. The lowest BCUT2D eigenvalue weighted by Gasteiger charge is -2.35. The molecule has 8 heteroatoms. The average molecular weight is 413 g/mol. The molecular weight excluding hydrogens is 386 g/mol. The van der Waals surface area contributed by atoms with Crippen molar-refractivity contribution < 1.29 is 19.2 Å². The third-order valence-electron chi connectivity index (χ3n) is 5.32. The maximum absolute atomic E-state index is 13.1. The van der Waals surface area contributed by atoms with Crippen molar-refractivity contribution in [1.82, 2.24) is 9.80 Å². The molecule has 2 aromatic carbocycles. The van der Waals surface area contributed by atoms with Crippen molar-refractivity contribution in [1.29, 1.82) is 0 Å². The molecule has 1 heterocycles. The number of benzene rings is 2. The third-order valence-corrected chi connectivity index (χ3v) is 5.32. The Kier molecular flexibility index (Phi) is 6.89. The highest BCUT2D eigenvalue weighted by atomic mass is 16.6. The monoisotopic (exact) mass is 413 g/mol. The Morgan fingerprint density at radius 1 is 1.13 bits per heavy atom. The molecule has 1 fully saturated rings. The topological polar surface area (TPSA) is 85.1 Å². The van der Waals surface area contributed by atoms with E-state index < -0.39 is 4.92 Å². The number of ether oxygens (including phenoxy) is 2. The lowest BCUT2D eigenvalue weighted by molar-refractivity contribution is -0.385. The Bertz CT molecular complexity index is 923. The molecule has 30 heavy (non-hydrogen) atoms. The van der Waals surface area contributed by atoms with E-state index in [9.17, 15) is 14.9 Å². The van der Waals surface area contributed by atoms with Crippen LogP contribution in [-0.2, 0) is 6.54 Å². The summed E-state index contributed by atoms with van der Waals surface area (Å²) in [7, 11) is 1.45. The molecular formula is C22H27N3O5. The number of carbonyl (C=O) groups is 1. The van der Waals surface area contributed by atoms with Gasteiger partial charge in [-0.15, -0.1) is 0 Å². The van der Waals surface area contributed by atoms with E-state index in [1.807, 2.05) is 12.1 Å². The van der Waals surface area contributed by atoms with Gasteiger partial charge in [0.15, 0.2) is 11.5 Å². The van der Waals surface area contributed by atoms with Crippen molar-refractivity contribution in [3.8, 4) is 11.5 Å². The molecule has 0 unspecified atom stereocenters. The fraction of sp³-hybridized carbons (Fsp3) is 0.409. The van der Waals surface area contributed by atoms with Gasteiger partial charge in [0.05, 0.1) is 24.7 Å². The minimum atomic E-state index is -0.552. The summed E-state index contributed by atoms with van der Waals surface area (Å²) >= 11 is 0. The molecule has 0 aliphatic carbocycles. The number of carbonyl (C=O) groups excluding carboxylic acids is 1. The molecule has 8 nitrogen and oxygen atoms in total. The van der Waals surface area contributed by atoms with Crippen molar-refractivity contribution >= 4 is 11.6 Å². The molecule has 3 rings (SSSR count). The van der Waals surface area contributed by atoms with Gasteiger partial charge in [-0.1, -0.05) is 24.3 Å². The molecule has 0 saturated carbocycles. The van der Waals surface area contributed by atoms with E-state index in [0.29, 0.717) is 38.5 Å². The number of rotatable bonds is 7. The van der Waals surface area contributed by atoms with Gasteiger partial charge in [-0.05, 0) is 25.0 Å². The van der Waals surface area contributed by atoms with Gasteiger partial charge in [0.1, 0.15) is 5.56 Å². The highest BCUT2D eigenvalue weighted by Gasteiger charge is 2.30. The summed E-state index contributed by atoms with van der Waals surface area (Å²) in [4.78, 5) is 28.1. The summed E-state index contributed by atoms with van der Waals surface area (Å²) in [5.41, 5.74) is 2.26. The number of nitro benzene ring substituents is 1. The lowest BCUT2D eigenvalue weighted by atomic mass is 10.1. The number of methoxy groups -OCH3 is 1. The standard InChI is InChI=1S/C22H27N3O5/c1-4-30-21-14-19(25(27)28)18(13-20(21)29-3)22(26)24-11-9-23(10-12-24)15-17-8-6-5-7-16(17)2/h5-8,13-14H,4,9-12,15H2,1-3H3. The number of nitrogens with zero attached hydrogens (tertiary/aromatic N) is 3. The Morgan fingerprint density at radius 2 is 1.83 bits per heavy atom. The van der Waals surface area contributed by atoms with Gasteiger partial charge >= 0.3 is 0 Å². The Labute approximate surface area is 176 Å². The average Bonchev–Trinajstić information content (AvgIpc) is 2.75. The van der Waals surface area contributed by atoms with Crippen LogP contribution >= 0.6 is 0 Å². The van der Waals surface area contributed by atoms with E-state index >= 15 is 0 Å². The summed E-state index contributed by atoms with van der Waals surface area (Å²) in [5, 5.41) is 11.6. The van der Waals surface area contributed by atoms with Gasteiger partial charge in [-0.2, -0.15) is 0 Å². The predicted octanol–water partition coefficient (Wildman–Crippen LogP) is 3.27. The highest BCUT2D eigenvalue weighted by Crippen LogP contribution is 2.35. The van der Waals surface area contributed by atoms with Crippen molar-refractivity contribution in [2.24, 2.45) is 0 Å². The van der Waals surface area contributed by atoms with Gasteiger partial charge in [-0.25, -0.2) is 0 Å². The smallest absolute Gasteiger partial charge is 0.286 e. The third kappa shape index (κ3) is 4.71. The zero-order chi connectivity index (χ0) is 21.7. The minimum Gasteiger partial charge on any atom is -0.493 e. The molecule has 0 bridgehead atoms. The minimum absolute atomic E-state index is 0.0210. The van der Waals surface area contributed by atoms with E-state index in [2.05, 4.69) is 24.0 Å². The second-order valence-corrected chi connectivity index (χ2v) is 7.21. The highest BCUT2D eigenvalue weighted by molar-refractivity contribution is 5.99. The molecule has 1 amide bonds. The first kappa shape index (κ1) is 21.6. The van der Waals surface area contributed by atoms with Crippen LogP contribution in [0.1, 0.15) is 28.4 Å². The first-order chi connectivity index (χ1) is 14.4. The largest absolute Gasteiger partial charge is 0.493 e. The number of piperazine rings is 1. The Morgan fingerprint density at radius 3 is 2.43 bits per heavy atom. The molecule has 0 N–H and O–H groups in total. The van der Waals surface area contributed by atoms with Gasteiger partial charge < -0.3 is 14.4 Å². The van der Waals surface area contributed by atoms with Crippen LogP contribution in [0.5, 0.6) is 11.5 Å². The van der Waals surface area contributed by atoms with Crippen LogP contribution in [-0.4, -0.2) is 60.5 Å². The van der Waals surface area contributed by atoms with E-state index in [4.69, 9.17) is 9.47 Å². The van der Waals surface area contributed by atoms with Gasteiger partial charge in [-0.3, -0.25) is 19.8 Å². The fourth-order valence-electron chi connectivity index (χ4n) is 3.61.